The molecule has 0 unspecified atom stereocenters. The van der Waals surface area contributed by atoms with E-state index < -0.39 is 5.69 Å². The molecule has 94 valence electrons. The fraction of sp³-hybridized carbons (Fsp3) is 0.182. The van der Waals surface area contributed by atoms with Gasteiger partial charge in [-0.25, -0.2) is 9.78 Å². The van der Waals surface area contributed by atoms with Gasteiger partial charge in [0.05, 0.1) is 14.1 Å². The molecule has 2 aromatic heterocycles. The molecule has 18 heavy (non-hydrogen) atoms. The zero-order chi connectivity index (χ0) is 13.3. The Hall–Kier alpha value is -0.790. The monoisotopic (exact) mass is 390 g/mol. The summed E-state index contributed by atoms with van der Waals surface area (Å²) in [6.45, 7) is 1.82. The van der Waals surface area contributed by atoms with Crippen LogP contribution in [0.2, 0.25) is 0 Å². The van der Waals surface area contributed by atoms with Crippen molar-refractivity contribution in [2.45, 2.75) is 13.5 Å². The minimum absolute atomic E-state index is 0.00468. The van der Waals surface area contributed by atoms with Crippen LogP contribution in [0.4, 0.5) is 0 Å². The van der Waals surface area contributed by atoms with E-state index in [1.54, 1.807) is 12.3 Å². The van der Waals surface area contributed by atoms with Crippen LogP contribution in [0.25, 0.3) is 0 Å². The van der Waals surface area contributed by atoms with Gasteiger partial charge in [0.25, 0.3) is 0 Å². The van der Waals surface area contributed by atoms with Crippen molar-refractivity contribution in [3.8, 4) is 0 Å². The van der Waals surface area contributed by atoms with Crippen molar-refractivity contribution in [3.05, 3.63) is 47.6 Å². The molecule has 0 aliphatic carbocycles. The molecule has 4 nitrogen and oxygen atoms in total. The largest absolute Gasteiger partial charge is 0.347 e. The Balaban J connectivity index is 2.29. The molecule has 0 spiro atoms. The predicted molar refractivity (Wildman–Crippen MR) is 77.3 cm³/mol. The van der Waals surface area contributed by atoms with Crippen molar-refractivity contribution in [2.75, 3.05) is 0 Å². The van der Waals surface area contributed by atoms with E-state index in [1.165, 1.54) is 22.1 Å². The lowest BCUT2D eigenvalue weighted by Gasteiger charge is -2.04. The van der Waals surface area contributed by atoms with Crippen LogP contribution in [0.3, 0.4) is 0 Å². The first kappa shape index (κ1) is 13.6. The number of carbonyl (C=O) groups is 1. The quantitative estimate of drug-likeness (QED) is 0.755. The molecule has 0 fully saturated rings. The molecule has 0 bridgehead atoms. The minimum atomic E-state index is -0.417. The molecule has 0 atom stereocenters. The molecule has 0 aliphatic rings. The summed E-state index contributed by atoms with van der Waals surface area (Å²) in [5.74, 6) is -0.127. The molecular weight excluding hydrogens is 384 g/mol. The van der Waals surface area contributed by atoms with Gasteiger partial charge in [-0.1, -0.05) is 0 Å². The molecule has 0 saturated heterocycles. The number of halogens is 2. The number of Topliss-reactive ketones (excluding diaryl/α,β-unsaturated/α-hetero) is 1. The highest BCUT2D eigenvalue weighted by Gasteiger charge is 2.14. The van der Waals surface area contributed by atoms with E-state index in [1.807, 2.05) is 6.92 Å². The second kappa shape index (κ2) is 5.46. The van der Waals surface area contributed by atoms with Crippen LogP contribution in [0.15, 0.2) is 30.8 Å². The Morgan fingerprint density at radius 1 is 1.50 bits per heavy atom. The van der Waals surface area contributed by atoms with Crippen molar-refractivity contribution in [2.24, 2.45) is 0 Å². The summed E-state index contributed by atoms with van der Waals surface area (Å²) in [6.07, 6.45) is 3.11. The van der Waals surface area contributed by atoms with Crippen LogP contribution < -0.4 is 5.69 Å². The molecule has 0 aliphatic heterocycles. The molecule has 0 N–H and O–H groups in total. The van der Waals surface area contributed by atoms with Crippen molar-refractivity contribution < 1.29 is 4.79 Å². The second-order valence-corrected chi connectivity index (χ2v) is 7.45. The van der Waals surface area contributed by atoms with Gasteiger partial charge < -0.3 is 0 Å². The van der Waals surface area contributed by atoms with Crippen LogP contribution in [0.5, 0.6) is 0 Å². The third-order valence-electron chi connectivity index (χ3n) is 2.25. The number of hydrogen-bond donors (Lipinski definition) is 0. The maximum atomic E-state index is 12.1. The summed E-state index contributed by atoms with van der Waals surface area (Å²) in [5, 5.41) is 0. The minimum Gasteiger partial charge on any atom is -0.292 e. The predicted octanol–water partition coefficient (Wildman–Crippen LogP) is 3.02. The first-order valence-electron chi connectivity index (χ1n) is 4.98. The standard InChI is InChI=1S/C11H8Br2N2O2S/c1-6-3-14-11(17)15(4-6)5-8(16)7-2-9(12)18-10(7)13/h2-4H,5H2,1H3. The number of nitrogens with zero attached hydrogens (tertiary/aromatic N) is 2. The SMILES string of the molecule is Cc1cnc(=O)n(CC(=O)c2cc(Br)sc2Br)c1. The van der Waals surface area contributed by atoms with E-state index in [-0.39, 0.29) is 12.3 Å². The zero-order valence-corrected chi connectivity index (χ0v) is 13.3. The van der Waals surface area contributed by atoms with Crippen LogP contribution in [-0.4, -0.2) is 15.3 Å². The van der Waals surface area contributed by atoms with Crippen molar-refractivity contribution in [1.29, 1.82) is 0 Å². The average molecular weight is 392 g/mol. The van der Waals surface area contributed by atoms with Gasteiger partial charge in [0, 0.05) is 18.0 Å². The Labute approximate surface area is 124 Å². The van der Waals surface area contributed by atoms with Crippen LogP contribution >= 0.6 is 43.2 Å². The molecule has 2 aromatic rings. The first-order chi connectivity index (χ1) is 8.47. The molecule has 0 saturated carbocycles. The van der Waals surface area contributed by atoms with E-state index in [0.717, 1.165) is 13.1 Å². The lowest BCUT2D eigenvalue weighted by atomic mass is 10.2. The van der Waals surface area contributed by atoms with Crippen LogP contribution in [0, 0.1) is 6.92 Å². The first-order valence-corrected chi connectivity index (χ1v) is 7.39. The van der Waals surface area contributed by atoms with Crippen LogP contribution in [0.1, 0.15) is 15.9 Å². The van der Waals surface area contributed by atoms with Gasteiger partial charge in [0.2, 0.25) is 0 Å². The average Bonchev–Trinajstić information content (AvgIpc) is 2.63. The van der Waals surface area contributed by atoms with E-state index in [0.29, 0.717) is 5.56 Å². The van der Waals surface area contributed by atoms with E-state index in [4.69, 9.17) is 0 Å². The van der Waals surface area contributed by atoms with Crippen molar-refractivity contribution in [1.82, 2.24) is 9.55 Å². The summed E-state index contributed by atoms with van der Waals surface area (Å²) in [6, 6.07) is 1.74. The van der Waals surface area contributed by atoms with E-state index >= 15 is 0 Å². The Kier molecular flexibility index (Phi) is 4.14. The van der Waals surface area contributed by atoms with Gasteiger partial charge in [-0.2, -0.15) is 0 Å². The molecule has 0 amide bonds. The summed E-state index contributed by atoms with van der Waals surface area (Å²) in [5.41, 5.74) is 0.993. The summed E-state index contributed by atoms with van der Waals surface area (Å²) in [7, 11) is 0. The number of aryl methyl sites for hydroxylation is 1. The highest BCUT2D eigenvalue weighted by atomic mass is 79.9. The number of rotatable bonds is 3. The summed E-state index contributed by atoms with van der Waals surface area (Å²) in [4.78, 5) is 27.3. The van der Waals surface area contributed by atoms with Gasteiger partial charge in [-0.15, -0.1) is 11.3 Å². The number of ketones is 1. The molecule has 0 aromatic carbocycles. The number of aromatic nitrogens is 2. The smallest absolute Gasteiger partial charge is 0.292 e. The third kappa shape index (κ3) is 2.96. The van der Waals surface area contributed by atoms with Crippen LogP contribution in [-0.2, 0) is 6.54 Å². The van der Waals surface area contributed by atoms with Gasteiger partial charge in [0.1, 0.15) is 0 Å². The van der Waals surface area contributed by atoms with Gasteiger partial charge in [-0.3, -0.25) is 9.36 Å². The Morgan fingerprint density at radius 2 is 2.22 bits per heavy atom. The Morgan fingerprint density at radius 3 is 2.83 bits per heavy atom. The third-order valence-corrected chi connectivity index (χ3v) is 4.59. The lowest BCUT2D eigenvalue weighted by Crippen LogP contribution is -2.26. The molecule has 2 rings (SSSR count). The zero-order valence-electron chi connectivity index (χ0n) is 9.31. The molecule has 2 heterocycles. The normalized spacial score (nSPS) is 10.6. The van der Waals surface area contributed by atoms with Crippen molar-refractivity contribution in [3.63, 3.8) is 0 Å². The van der Waals surface area contributed by atoms with E-state index in [9.17, 15) is 9.59 Å². The highest BCUT2D eigenvalue weighted by molar-refractivity contribution is 9.12. The van der Waals surface area contributed by atoms with Gasteiger partial charge >= 0.3 is 5.69 Å². The Bertz CT molecular complexity index is 663. The summed E-state index contributed by atoms with van der Waals surface area (Å²) >= 11 is 8.07. The molecular formula is C11H8Br2N2O2S. The number of thiophene rings is 1. The topological polar surface area (TPSA) is 52.0 Å². The van der Waals surface area contributed by atoms with Gasteiger partial charge in [0.15, 0.2) is 5.78 Å². The number of carbonyl (C=O) groups excluding carboxylic acids is 1. The fourth-order valence-corrected chi connectivity index (χ4v) is 4.30. The maximum Gasteiger partial charge on any atom is 0.347 e. The second-order valence-electron chi connectivity index (χ2n) is 3.70. The fourth-order valence-electron chi connectivity index (χ4n) is 1.45. The molecule has 0 radical (unpaired) electrons. The van der Waals surface area contributed by atoms with Gasteiger partial charge in [-0.05, 0) is 50.4 Å². The van der Waals surface area contributed by atoms with E-state index in [2.05, 4.69) is 36.8 Å². The highest BCUT2D eigenvalue weighted by Crippen LogP contribution is 2.32. The van der Waals surface area contributed by atoms with Crippen molar-refractivity contribution >= 4 is 49.0 Å². The number of hydrogen-bond acceptors (Lipinski definition) is 4. The maximum absolute atomic E-state index is 12.1. The molecule has 7 heteroatoms. The summed E-state index contributed by atoms with van der Waals surface area (Å²) < 4.78 is 2.94. The lowest BCUT2D eigenvalue weighted by molar-refractivity contribution is 0.0970.